The lowest BCUT2D eigenvalue weighted by molar-refractivity contribution is 0.628. The van der Waals surface area contributed by atoms with Crippen LogP contribution in [0.3, 0.4) is 0 Å². The molecule has 1 heterocycles. The predicted octanol–water partition coefficient (Wildman–Crippen LogP) is 3.43. The van der Waals surface area contributed by atoms with Crippen LogP contribution in [0.5, 0.6) is 0 Å². The Labute approximate surface area is 107 Å². The van der Waals surface area contributed by atoms with E-state index in [-0.39, 0.29) is 6.04 Å². The Balaban J connectivity index is 2.32. The molecular weight excluding hydrogens is 232 g/mol. The van der Waals surface area contributed by atoms with Crippen LogP contribution in [0.2, 0.25) is 5.02 Å². The highest BCUT2D eigenvalue weighted by atomic mass is 35.5. The minimum absolute atomic E-state index is 0.172. The van der Waals surface area contributed by atoms with Gasteiger partial charge in [-0.2, -0.15) is 0 Å². The third kappa shape index (κ3) is 3.05. The summed E-state index contributed by atoms with van der Waals surface area (Å²) >= 11 is 5.91. The van der Waals surface area contributed by atoms with E-state index in [9.17, 15) is 0 Å². The predicted molar refractivity (Wildman–Crippen MR) is 71.2 cm³/mol. The second-order valence-corrected chi connectivity index (χ2v) is 4.27. The van der Waals surface area contributed by atoms with E-state index in [1.54, 1.807) is 6.20 Å². The Hall–Kier alpha value is -1.38. The van der Waals surface area contributed by atoms with Crippen molar-refractivity contribution >= 4 is 11.6 Å². The van der Waals surface area contributed by atoms with Gasteiger partial charge in [-0.1, -0.05) is 36.7 Å². The van der Waals surface area contributed by atoms with Gasteiger partial charge in [-0.05, 0) is 35.9 Å². The summed E-state index contributed by atoms with van der Waals surface area (Å²) in [5.41, 5.74) is 2.36. The topological polar surface area (TPSA) is 24.9 Å². The molecule has 0 bridgehead atoms. The smallest absolute Gasteiger partial charge is 0.0591 e. The molecule has 0 amide bonds. The van der Waals surface area contributed by atoms with Gasteiger partial charge in [0.1, 0.15) is 0 Å². The molecule has 0 spiro atoms. The summed E-state index contributed by atoms with van der Waals surface area (Å²) in [5.74, 6) is 0. The lowest BCUT2D eigenvalue weighted by Gasteiger charge is -2.18. The molecule has 0 saturated carbocycles. The SMILES string of the molecule is CCN[C@@H](c1ccc(Cl)cc1)c1cccnc1. The highest BCUT2D eigenvalue weighted by molar-refractivity contribution is 6.30. The normalized spacial score (nSPS) is 12.4. The number of hydrogen-bond acceptors (Lipinski definition) is 2. The van der Waals surface area contributed by atoms with Gasteiger partial charge < -0.3 is 5.32 Å². The maximum absolute atomic E-state index is 5.91. The third-order valence-corrected chi connectivity index (χ3v) is 2.88. The molecule has 1 N–H and O–H groups in total. The second kappa shape index (κ2) is 5.80. The fraction of sp³-hybridized carbons (Fsp3) is 0.214. The maximum Gasteiger partial charge on any atom is 0.0591 e. The number of aromatic nitrogens is 1. The highest BCUT2D eigenvalue weighted by Crippen LogP contribution is 2.22. The molecule has 2 rings (SSSR count). The molecule has 0 aliphatic carbocycles. The van der Waals surface area contributed by atoms with E-state index in [0.717, 1.165) is 17.1 Å². The van der Waals surface area contributed by atoms with Gasteiger partial charge in [-0.25, -0.2) is 0 Å². The molecule has 1 aromatic heterocycles. The summed E-state index contributed by atoms with van der Waals surface area (Å²) in [6, 6.07) is 12.1. The van der Waals surface area contributed by atoms with Crippen LogP contribution in [-0.4, -0.2) is 11.5 Å². The molecular formula is C14H15ClN2. The first-order valence-electron chi connectivity index (χ1n) is 5.70. The molecule has 0 aliphatic heterocycles. The lowest BCUT2D eigenvalue weighted by Crippen LogP contribution is -2.21. The number of benzene rings is 1. The third-order valence-electron chi connectivity index (χ3n) is 2.63. The Morgan fingerprint density at radius 1 is 1.18 bits per heavy atom. The minimum atomic E-state index is 0.172. The highest BCUT2D eigenvalue weighted by Gasteiger charge is 2.12. The number of nitrogens with zero attached hydrogens (tertiary/aromatic N) is 1. The molecule has 0 radical (unpaired) electrons. The van der Waals surface area contributed by atoms with Gasteiger partial charge in [0.05, 0.1) is 6.04 Å². The van der Waals surface area contributed by atoms with Gasteiger partial charge in [-0.3, -0.25) is 4.98 Å². The van der Waals surface area contributed by atoms with Crippen LogP contribution in [0.4, 0.5) is 0 Å². The van der Waals surface area contributed by atoms with Crippen molar-refractivity contribution in [1.29, 1.82) is 0 Å². The van der Waals surface area contributed by atoms with E-state index in [1.165, 1.54) is 5.56 Å². The summed E-state index contributed by atoms with van der Waals surface area (Å²) in [6.07, 6.45) is 3.68. The molecule has 3 heteroatoms. The van der Waals surface area contributed by atoms with Crippen LogP contribution in [0, 0.1) is 0 Å². The number of pyridine rings is 1. The van der Waals surface area contributed by atoms with Crippen molar-refractivity contribution in [2.24, 2.45) is 0 Å². The van der Waals surface area contributed by atoms with E-state index in [1.807, 2.05) is 36.5 Å². The zero-order chi connectivity index (χ0) is 12.1. The first kappa shape index (κ1) is 12.1. The molecule has 0 fully saturated rings. The Kier molecular flexibility index (Phi) is 4.13. The van der Waals surface area contributed by atoms with E-state index < -0.39 is 0 Å². The van der Waals surface area contributed by atoms with Gasteiger partial charge in [0.2, 0.25) is 0 Å². The van der Waals surface area contributed by atoms with E-state index in [0.29, 0.717) is 0 Å². The first-order chi connectivity index (χ1) is 8.31. The molecule has 1 aromatic carbocycles. The quantitative estimate of drug-likeness (QED) is 0.894. The molecule has 17 heavy (non-hydrogen) atoms. The standard InChI is InChI=1S/C14H15ClN2/c1-2-17-14(12-4-3-9-16-10-12)11-5-7-13(15)8-6-11/h3-10,14,17H,2H2,1H3/t14-/m0/s1. The van der Waals surface area contributed by atoms with Crippen molar-refractivity contribution in [3.63, 3.8) is 0 Å². The second-order valence-electron chi connectivity index (χ2n) is 3.83. The van der Waals surface area contributed by atoms with Crippen LogP contribution >= 0.6 is 11.6 Å². The van der Waals surface area contributed by atoms with E-state index >= 15 is 0 Å². The molecule has 2 nitrogen and oxygen atoms in total. The van der Waals surface area contributed by atoms with Crippen molar-refractivity contribution in [3.05, 3.63) is 64.9 Å². The number of rotatable bonds is 4. The molecule has 0 unspecified atom stereocenters. The van der Waals surface area contributed by atoms with Gasteiger partial charge in [0.15, 0.2) is 0 Å². The van der Waals surface area contributed by atoms with Gasteiger partial charge in [0, 0.05) is 17.4 Å². The zero-order valence-electron chi connectivity index (χ0n) is 9.73. The van der Waals surface area contributed by atoms with Crippen LogP contribution < -0.4 is 5.32 Å². The van der Waals surface area contributed by atoms with Crippen LogP contribution in [0.25, 0.3) is 0 Å². The fourth-order valence-corrected chi connectivity index (χ4v) is 1.96. The summed E-state index contributed by atoms with van der Waals surface area (Å²) in [4.78, 5) is 4.16. The molecule has 0 saturated heterocycles. The fourth-order valence-electron chi connectivity index (χ4n) is 1.83. The summed E-state index contributed by atoms with van der Waals surface area (Å²) < 4.78 is 0. The number of nitrogens with one attached hydrogen (secondary N) is 1. The summed E-state index contributed by atoms with van der Waals surface area (Å²) in [5, 5.41) is 4.21. The van der Waals surface area contributed by atoms with Gasteiger partial charge in [0.25, 0.3) is 0 Å². The maximum atomic E-state index is 5.91. The molecule has 88 valence electrons. The number of halogens is 1. The Bertz CT molecular complexity index is 453. The van der Waals surface area contributed by atoms with E-state index in [4.69, 9.17) is 11.6 Å². The van der Waals surface area contributed by atoms with Crippen molar-refractivity contribution in [1.82, 2.24) is 10.3 Å². The Morgan fingerprint density at radius 2 is 1.94 bits per heavy atom. The van der Waals surface area contributed by atoms with Crippen molar-refractivity contribution in [2.45, 2.75) is 13.0 Å². The average molecular weight is 247 g/mol. The lowest BCUT2D eigenvalue weighted by atomic mass is 10.0. The average Bonchev–Trinajstić information content (AvgIpc) is 2.38. The van der Waals surface area contributed by atoms with Crippen LogP contribution in [0.1, 0.15) is 24.1 Å². The largest absolute Gasteiger partial charge is 0.306 e. The van der Waals surface area contributed by atoms with Gasteiger partial charge in [-0.15, -0.1) is 0 Å². The first-order valence-corrected chi connectivity index (χ1v) is 6.08. The zero-order valence-corrected chi connectivity index (χ0v) is 10.5. The van der Waals surface area contributed by atoms with Crippen LogP contribution in [0.15, 0.2) is 48.8 Å². The minimum Gasteiger partial charge on any atom is -0.306 e. The van der Waals surface area contributed by atoms with Crippen molar-refractivity contribution in [2.75, 3.05) is 6.54 Å². The molecule has 1 atom stereocenters. The summed E-state index contributed by atoms with van der Waals surface area (Å²) in [7, 11) is 0. The van der Waals surface area contributed by atoms with Gasteiger partial charge >= 0.3 is 0 Å². The van der Waals surface area contributed by atoms with Crippen molar-refractivity contribution < 1.29 is 0 Å². The Morgan fingerprint density at radius 3 is 2.53 bits per heavy atom. The van der Waals surface area contributed by atoms with Crippen molar-refractivity contribution in [3.8, 4) is 0 Å². The van der Waals surface area contributed by atoms with Crippen LogP contribution in [-0.2, 0) is 0 Å². The molecule has 2 aromatic rings. The summed E-state index contributed by atoms with van der Waals surface area (Å²) in [6.45, 7) is 3.00. The number of hydrogen-bond donors (Lipinski definition) is 1. The monoisotopic (exact) mass is 246 g/mol. The van der Waals surface area contributed by atoms with E-state index in [2.05, 4.69) is 23.3 Å². The molecule has 0 aliphatic rings.